The Morgan fingerprint density at radius 1 is 1.28 bits per heavy atom. The molecule has 2 heterocycles. The number of methoxy groups -OCH3 is 1. The number of para-hydroxylation sites is 1. The van der Waals surface area contributed by atoms with Crippen molar-refractivity contribution in [3.05, 3.63) is 35.3 Å². The second kappa shape index (κ2) is 11.8. The molecular weight excluding hydrogens is 450 g/mol. The highest BCUT2D eigenvalue weighted by Crippen LogP contribution is 2.22. The molecule has 32 heavy (non-hydrogen) atoms. The van der Waals surface area contributed by atoms with E-state index in [0.717, 1.165) is 5.75 Å². The van der Waals surface area contributed by atoms with Gasteiger partial charge < -0.3 is 20.3 Å². The number of carbonyl (C=O) groups excluding carboxylic acids is 3. The van der Waals surface area contributed by atoms with Crippen LogP contribution in [-0.4, -0.2) is 71.1 Å². The van der Waals surface area contributed by atoms with Crippen molar-refractivity contribution in [2.24, 2.45) is 5.92 Å². The van der Waals surface area contributed by atoms with Crippen molar-refractivity contribution in [1.29, 1.82) is 0 Å². The fourth-order valence-corrected chi connectivity index (χ4v) is 4.50. The summed E-state index contributed by atoms with van der Waals surface area (Å²) in [6, 6.07) is 6.30. The summed E-state index contributed by atoms with van der Waals surface area (Å²) in [7, 11) is 1.51. The number of benzene rings is 1. The first-order valence-electron chi connectivity index (χ1n) is 10.3. The molecule has 1 aromatic carbocycles. The van der Waals surface area contributed by atoms with Crippen molar-refractivity contribution in [1.82, 2.24) is 20.4 Å². The molecule has 1 aromatic heterocycles. The molecule has 1 saturated heterocycles. The van der Waals surface area contributed by atoms with E-state index in [2.05, 4.69) is 20.8 Å². The topological polar surface area (TPSA) is 114 Å². The van der Waals surface area contributed by atoms with Gasteiger partial charge >= 0.3 is 0 Å². The van der Waals surface area contributed by atoms with Crippen LogP contribution < -0.4 is 15.4 Å². The first-order chi connectivity index (χ1) is 15.5. The van der Waals surface area contributed by atoms with Crippen LogP contribution in [0.25, 0.3) is 0 Å². The zero-order valence-electron chi connectivity index (χ0n) is 18.1. The third-order valence-electron chi connectivity index (χ3n) is 5.33. The highest BCUT2D eigenvalue weighted by Gasteiger charge is 2.32. The number of carbonyl (C=O) groups is 3. The fraction of sp³-hybridized carbons (Fsp3) is 0.476. The molecule has 1 unspecified atom stereocenters. The Morgan fingerprint density at radius 2 is 2.03 bits per heavy atom. The van der Waals surface area contributed by atoms with Crippen LogP contribution >= 0.6 is 23.1 Å². The molecular formula is C21H27N5O4S2. The summed E-state index contributed by atoms with van der Waals surface area (Å²) < 4.78 is 5.27. The zero-order valence-corrected chi connectivity index (χ0v) is 19.7. The van der Waals surface area contributed by atoms with E-state index in [1.807, 2.05) is 6.26 Å². The minimum atomic E-state index is -0.633. The highest BCUT2D eigenvalue weighted by molar-refractivity contribution is 7.98. The second-order valence-corrected chi connectivity index (χ2v) is 9.16. The molecule has 1 aliphatic heterocycles. The molecule has 11 heteroatoms. The minimum absolute atomic E-state index is 0.0998. The van der Waals surface area contributed by atoms with Crippen LogP contribution in [0.3, 0.4) is 0 Å². The fourth-order valence-electron chi connectivity index (χ4n) is 3.58. The lowest BCUT2D eigenvalue weighted by atomic mass is 9.95. The maximum Gasteiger partial charge on any atom is 0.255 e. The summed E-state index contributed by atoms with van der Waals surface area (Å²) in [5.41, 5.74) is 1.95. The number of aromatic nitrogens is 2. The Labute approximate surface area is 195 Å². The lowest BCUT2D eigenvalue weighted by molar-refractivity contribution is -0.136. The summed E-state index contributed by atoms with van der Waals surface area (Å²) in [5, 5.41) is 13.7. The Kier molecular flexibility index (Phi) is 8.86. The molecule has 172 valence electrons. The molecule has 0 bridgehead atoms. The number of ether oxygens (including phenoxy) is 1. The molecule has 0 aliphatic carbocycles. The average molecular weight is 478 g/mol. The minimum Gasteiger partial charge on any atom is -0.496 e. The Morgan fingerprint density at radius 3 is 2.69 bits per heavy atom. The SMILES string of the molecule is COc1ccccc1C(=O)NC(CCSC)C(=O)N1CCC(C(=O)Nc2nncs2)CC1. The van der Waals surface area contributed by atoms with Gasteiger partial charge in [-0.05, 0) is 43.4 Å². The summed E-state index contributed by atoms with van der Waals surface area (Å²) in [4.78, 5) is 40.2. The first kappa shape index (κ1) is 24.0. The smallest absolute Gasteiger partial charge is 0.255 e. The van der Waals surface area contributed by atoms with Crippen molar-refractivity contribution >= 4 is 46.0 Å². The first-order valence-corrected chi connectivity index (χ1v) is 12.6. The van der Waals surface area contributed by atoms with Gasteiger partial charge in [0.1, 0.15) is 17.3 Å². The highest BCUT2D eigenvalue weighted by atomic mass is 32.2. The molecule has 1 aliphatic rings. The number of amides is 3. The van der Waals surface area contributed by atoms with Gasteiger partial charge in [-0.15, -0.1) is 10.2 Å². The third-order valence-corrected chi connectivity index (χ3v) is 6.58. The van der Waals surface area contributed by atoms with E-state index < -0.39 is 6.04 Å². The molecule has 3 rings (SSSR count). The van der Waals surface area contributed by atoms with E-state index in [1.165, 1.54) is 18.4 Å². The standard InChI is InChI=1S/C21H27N5O4S2/c1-30-17-6-4-3-5-15(17)19(28)23-16(9-12-31-2)20(29)26-10-7-14(8-11-26)18(27)24-21-25-22-13-32-21/h3-6,13-14,16H,7-12H2,1-2H3,(H,23,28)(H,24,25,27). The lowest BCUT2D eigenvalue weighted by Gasteiger charge is -2.33. The normalized spacial score (nSPS) is 15.1. The van der Waals surface area contributed by atoms with E-state index >= 15 is 0 Å². The number of hydrogen-bond donors (Lipinski definition) is 2. The summed E-state index contributed by atoms with van der Waals surface area (Å²) in [6.07, 6.45) is 3.61. The van der Waals surface area contributed by atoms with Crippen molar-refractivity contribution in [2.75, 3.05) is 37.5 Å². The molecule has 1 fully saturated rings. The van der Waals surface area contributed by atoms with Crippen molar-refractivity contribution in [3.8, 4) is 5.75 Å². The van der Waals surface area contributed by atoms with Gasteiger partial charge in [0, 0.05) is 19.0 Å². The predicted octanol–water partition coefficient (Wildman–Crippen LogP) is 2.28. The average Bonchev–Trinajstić information content (AvgIpc) is 3.34. The lowest BCUT2D eigenvalue weighted by Crippen LogP contribution is -2.51. The van der Waals surface area contributed by atoms with Gasteiger partial charge in [0.2, 0.25) is 16.9 Å². The van der Waals surface area contributed by atoms with Gasteiger partial charge in [-0.2, -0.15) is 11.8 Å². The van der Waals surface area contributed by atoms with Crippen LogP contribution in [0.4, 0.5) is 5.13 Å². The number of likely N-dealkylation sites (tertiary alicyclic amines) is 1. The number of hydrogen-bond acceptors (Lipinski definition) is 8. The van der Waals surface area contributed by atoms with Gasteiger partial charge in [-0.1, -0.05) is 23.5 Å². The Bertz CT molecular complexity index is 917. The van der Waals surface area contributed by atoms with Gasteiger partial charge in [0.05, 0.1) is 12.7 Å². The maximum atomic E-state index is 13.2. The van der Waals surface area contributed by atoms with E-state index in [-0.39, 0.29) is 23.6 Å². The van der Waals surface area contributed by atoms with Crippen LogP contribution in [0.5, 0.6) is 5.75 Å². The third kappa shape index (κ3) is 6.19. The van der Waals surface area contributed by atoms with Gasteiger partial charge in [0.25, 0.3) is 5.91 Å². The summed E-state index contributed by atoms with van der Waals surface area (Å²) >= 11 is 2.89. The zero-order chi connectivity index (χ0) is 22.9. The second-order valence-electron chi connectivity index (χ2n) is 7.34. The van der Waals surface area contributed by atoms with E-state index in [4.69, 9.17) is 4.74 Å². The number of piperidine rings is 1. The number of rotatable bonds is 9. The van der Waals surface area contributed by atoms with Gasteiger partial charge in [-0.3, -0.25) is 14.4 Å². The predicted molar refractivity (Wildman–Crippen MR) is 125 cm³/mol. The van der Waals surface area contributed by atoms with E-state index in [9.17, 15) is 14.4 Å². The van der Waals surface area contributed by atoms with Crippen molar-refractivity contribution < 1.29 is 19.1 Å². The van der Waals surface area contributed by atoms with Crippen molar-refractivity contribution in [2.45, 2.75) is 25.3 Å². The largest absolute Gasteiger partial charge is 0.496 e. The van der Waals surface area contributed by atoms with Crippen molar-refractivity contribution in [3.63, 3.8) is 0 Å². The molecule has 2 aromatic rings. The number of nitrogens with zero attached hydrogens (tertiary/aromatic N) is 3. The van der Waals surface area contributed by atoms with Gasteiger partial charge in [-0.25, -0.2) is 0 Å². The number of thioether (sulfide) groups is 1. The van der Waals surface area contributed by atoms with E-state index in [1.54, 1.807) is 46.4 Å². The van der Waals surface area contributed by atoms with Crippen LogP contribution in [-0.2, 0) is 9.59 Å². The monoisotopic (exact) mass is 477 g/mol. The summed E-state index contributed by atoms with van der Waals surface area (Å²) in [6.45, 7) is 0.931. The van der Waals surface area contributed by atoms with Gasteiger partial charge in [0.15, 0.2) is 0 Å². The molecule has 1 atom stereocenters. The van der Waals surface area contributed by atoms with Crippen LogP contribution in [0.1, 0.15) is 29.6 Å². The Hall–Kier alpha value is -2.66. The molecule has 0 spiro atoms. The Balaban J connectivity index is 1.59. The number of nitrogens with one attached hydrogen (secondary N) is 2. The molecule has 0 radical (unpaired) electrons. The quantitative estimate of drug-likeness (QED) is 0.570. The summed E-state index contributed by atoms with van der Waals surface area (Å²) in [5.74, 6) is 0.457. The van der Waals surface area contributed by atoms with Crippen LogP contribution in [0.2, 0.25) is 0 Å². The number of anilines is 1. The molecule has 2 N–H and O–H groups in total. The molecule has 3 amide bonds. The van der Waals surface area contributed by atoms with Crippen LogP contribution in [0.15, 0.2) is 29.8 Å². The maximum absolute atomic E-state index is 13.2. The van der Waals surface area contributed by atoms with E-state index in [0.29, 0.717) is 48.8 Å². The van der Waals surface area contributed by atoms with Crippen LogP contribution in [0, 0.1) is 5.92 Å². The molecule has 0 saturated carbocycles. The molecule has 9 nitrogen and oxygen atoms in total.